The minimum absolute atomic E-state index is 0. The normalized spacial score (nSPS) is 10.8. The summed E-state index contributed by atoms with van der Waals surface area (Å²) in [4.78, 5) is 0. The molecule has 1 heterocycles. The second-order valence-corrected chi connectivity index (χ2v) is 10.0. The van der Waals surface area contributed by atoms with Gasteiger partial charge >= 0.3 is 0 Å². The molecule has 0 saturated heterocycles. The van der Waals surface area contributed by atoms with Gasteiger partial charge in [0.1, 0.15) is 7.05 Å². The van der Waals surface area contributed by atoms with Crippen LogP contribution in [0.3, 0.4) is 0 Å². The SMILES string of the molecule is C[n+]1ccccc1C[Si](C)(C)C.[I-]. The van der Waals surface area contributed by atoms with Gasteiger partial charge in [-0.2, -0.15) is 0 Å². The van der Waals surface area contributed by atoms with Gasteiger partial charge in [0.05, 0.1) is 8.07 Å². The van der Waals surface area contributed by atoms with Crippen LogP contribution in [-0.4, -0.2) is 8.07 Å². The predicted molar refractivity (Wildman–Crippen MR) is 54.7 cm³/mol. The largest absolute Gasteiger partial charge is 1.00 e. The van der Waals surface area contributed by atoms with Gasteiger partial charge in [-0.1, -0.05) is 25.7 Å². The minimum Gasteiger partial charge on any atom is -1.00 e. The summed E-state index contributed by atoms with van der Waals surface area (Å²) in [5, 5.41) is 0. The second-order valence-electron chi connectivity index (χ2n) is 4.54. The zero-order valence-electron chi connectivity index (χ0n) is 8.84. The van der Waals surface area contributed by atoms with E-state index in [1.165, 1.54) is 11.7 Å². The van der Waals surface area contributed by atoms with Crippen molar-refractivity contribution in [2.24, 2.45) is 7.05 Å². The van der Waals surface area contributed by atoms with Crippen molar-refractivity contribution in [3.63, 3.8) is 0 Å². The number of aromatic nitrogens is 1. The zero-order valence-corrected chi connectivity index (χ0v) is 12.0. The Morgan fingerprint density at radius 1 is 1.23 bits per heavy atom. The first-order chi connectivity index (χ1) is 5.49. The molecule has 0 aromatic carbocycles. The van der Waals surface area contributed by atoms with Gasteiger partial charge < -0.3 is 24.0 Å². The lowest BCUT2D eigenvalue weighted by Crippen LogP contribution is -3.00. The predicted octanol–water partition coefficient (Wildman–Crippen LogP) is -1.06. The van der Waals surface area contributed by atoms with Crippen molar-refractivity contribution >= 4 is 8.07 Å². The van der Waals surface area contributed by atoms with Crippen LogP contribution in [0.1, 0.15) is 5.69 Å². The number of rotatable bonds is 2. The number of hydrogen-bond donors (Lipinski definition) is 0. The molecule has 1 nitrogen and oxygen atoms in total. The summed E-state index contributed by atoms with van der Waals surface area (Å²) in [6.45, 7) is 7.21. The third-order valence-electron chi connectivity index (χ3n) is 1.87. The van der Waals surface area contributed by atoms with Crippen molar-refractivity contribution in [1.29, 1.82) is 0 Å². The molecule has 0 aliphatic carbocycles. The highest BCUT2D eigenvalue weighted by atomic mass is 127. The van der Waals surface area contributed by atoms with Crippen molar-refractivity contribution in [3.05, 3.63) is 30.1 Å². The summed E-state index contributed by atoms with van der Waals surface area (Å²) in [5.41, 5.74) is 1.46. The van der Waals surface area contributed by atoms with Crippen LogP contribution in [0.2, 0.25) is 19.6 Å². The van der Waals surface area contributed by atoms with Crippen LogP contribution in [-0.2, 0) is 13.1 Å². The Morgan fingerprint density at radius 2 is 1.85 bits per heavy atom. The maximum absolute atomic E-state index is 2.40. The Kier molecular flexibility index (Phi) is 5.13. The molecule has 1 aromatic rings. The lowest BCUT2D eigenvalue weighted by atomic mass is 10.4. The van der Waals surface area contributed by atoms with Gasteiger partial charge in [-0.15, -0.1) is 0 Å². The lowest BCUT2D eigenvalue weighted by molar-refractivity contribution is -0.678. The third-order valence-corrected chi connectivity index (χ3v) is 3.30. The molecule has 1 rings (SSSR count). The zero-order chi connectivity index (χ0) is 9.19. The number of nitrogens with zero attached hydrogens (tertiary/aromatic N) is 1. The van der Waals surface area contributed by atoms with Gasteiger partial charge in [0.2, 0.25) is 0 Å². The number of halogens is 1. The van der Waals surface area contributed by atoms with Crippen molar-refractivity contribution in [3.8, 4) is 0 Å². The van der Waals surface area contributed by atoms with E-state index in [-0.39, 0.29) is 24.0 Å². The molecule has 0 unspecified atom stereocenters. The van der Waals surface area contributed by atoms with E-state index in [0.29, 0.717) is 0 Å². The van der Waals surface area contributed by atoms with E-state index in [4.69, 9.17) is 0 Å². The monoisotopic (exact) mass is 307 g/mol. The standard InChI is InChI=1S/C10H18NSi.HI/c1-11-8-6-5-7-10(11)9-12(2,3)4;/h5-8H,9H2,1-4H3;1H/q+1;/p-1. The van der Waals surface area contributed by atoms with Crippen LogP contribution in [0, 0.1) is 0 Å². The minimum atomic E-state index is -0.950. The first-order valence-corrected chi connectivity index (χ1v) is 8.13. The molecule has 0 fully saturated rings. The van der Waals surface area contributed by atoms with E-state index < -0.39 is 8.07 Å². The van der Waals surface area contributed by atoms with Crippen LogP contribution in [0.4, 0.5) is 0 Å². The molecule has 1 aromatic heterocycles. The van der Waals surface area contributed by atoms with Crippen LogP contribution in [0.25, 0.3) is 0 Å². The van der Waals surface area contributed by atoms with E-state index in [1.54, 1.807) is 0 Å². The number of aryl methyl sites for hydroxylation is 1. The molecule has 0 atom stereocenters. The molecule has 3 heteroatoms. The van der Waals surface area contributed by atoms with Gasteiger partial charge in [-0.3, -0.25) is 0 Å². The smallest absolute Gasteiger partial charge is 0.178 e. The van der Waals surface area contributed by atoms with E-state index >= 15 is 0 Å². The number of pyridine rings is 1. The molecule has 0 radical (unpaired) electrons. The summed E-state index contributed by atoms with van der Waals surface area (Å²) in [6.07, 6.45) is 2.12. The van der Waals surface area contributed by atoms with Crippen molar-refractivity contribution in [1.82, 2.24) is 0 Å². The fraction of sp³-hybridized carbons (Fsp3) is 0.500. The molecule has 74 valence electrons. The summed E-state index contributed by atoms with van der Waals surface area (Å²) in [5.74, 6) is 0. The Balaban J connectivity index is 0.00000144. The average Bonchev–Trinajstić information content (AvgIpc) is 1.91. The summed E-state index contributed by atoms with van der Waals surface area (Å²) in [7, 11) is 1.17. The molecule has 0 N–H and O–H groups in total. The molecular weight excluding hydrogens is 289 g/mol. The van der Waals surface area contributed by atoms with Crippen LogP contribution in [0.15, 0.2) is 24.4 Å². The Hall–Kier alpha value is 0.0969. The lowest BCUT2D eigenvalue weighted by Gasteiger charge is -2.13. The van der Waals surface area contributed by atoms with E-state index in [9.17, 15) is 0 Å². The van der Waals surface area contributed by atoms with Gasteiger partial charge in [0.25, 0.3) is 0 Å². The maximum atomic E-state index is 2.40. The molecule has 0 amide bonds. The van der Waals surface area contributed by atoms with Gasteiger partial charge in [-0.25, -0.2) is 4.57 Å². The Labute approximate surface area is 99.2 Å². The molecular formula is C10H18INSi. The first kappa shape index (κ1) is 13.1. The van der Waals surface area contributed by atoms with E-state index in [1.807, 2.05) is 0 Å². The van der Waals surface area contributed by atoms with Gasteiger partial charge in [-0.05, 0) is 0 Å². The fourth-order valence-electron chi connectivity index (χ4n) is 1.29. The maximum Gasteiger partial charge on any atom is 0.178 e. The molecule has 0 aliphatic heterocycles. The molecule has 0 saturated carbocycles. The topological polar surface area (TPSA) is 3.88 Å². The van der Waals surface area contributed by atoms with Crippen LogP contribution >= 0.6 is 0 Å². The van der Waals surface area contributed by atoms with E-state index in [0.717, 1.165) is 0 Å². The van der Waals surface area contributed by atoms with E-state index in [2.05, 4.69) is 55.7 Å². The summed E-state index contributed by atoms with van der Waals surface area (Å²) < 4.78 is 2.22. The highest BCUT2D eigenvalue weighted by Crippen LogP contribution is 2.07. The van der Waals surface area contributed by atoms with Crippen LogP contribution < -0.4 is 28.5 Å². The van der Waals surface area contributed by atoms with Gasteiger partial charge in [0, 0.05) is 18.2 Å². The molecule has 0 aliphatic rings. The van der Waals surface area contributed by atoms with Crippen molar-refractivity contribution in [2.75, 3.05) is 0 Å². The van der Waals surface area contributed by atoms with Crippen molar-refractivity contribution in [2.45, 2.75) is 25.7 Å². The molecule has 0 spiro atoms. The number of hydrogen-bond acceptors (Lipinski definition) is 0. The van der Waals surface area contributed by atoms with Crippen LogP contribution in [0.5, 0.6) is 0 Å². The molecule has 0 bridgehead atoms. The highest BCUT2D eigenvalue weighted by Gasteiger charge is 2.18. The second kappa shape index (κ2) is 5.10. The summed E-state index contributed by atoms with van der Waals surface area (Å²) >= 11 is 0. The van der Waals surface area contributed by atoms with Crippen molar-refractivity contribution < 1.29 is 28.5 Å². The quantitative estimate of drug-likeness (QED) is 0.372. The summed E-state index contributed by atoms with van der Waals surface area (Å²) in [6, 6.07) is 7.69. The Morgan fingerprint density at radius 3 is 2.31 bits per heavy atom. The Bertz CT molecular complexity index is 268. The molecule has 13 heavy (non-hydrogen) atoms. The van der Waals surface area contributed by atoms with Gasteiger partial charge in [0.15, 0.2) is 11.9 Å². The fourth-order valence-corrected chi connectivity index (χ4v) is 2.74. The third kappa shape index (κ3) is 4.76. The highest BCUT2D eigenvalue weighted by molar-refractivity contribution is 6.75. The first-order valence-electron chi connectivity index (χ1n) is 4.42. The average molecular weight is 307 g/mol.